The average molecular weight is 347 g/mol. The summed E-state index contributed by atoms with van der Waals surface area (Å²) in [6, 6.07) is 9.53. The van der Waals surface area contributed by atoms with Crippen LogP contribution in [0.25, 0.3) is 0 Å². The van der Waals surface area contributed by atoms with Crippen LogP contribution in [0.2, 0.25) is 0 Å². The highest BCUT2D eigenvalue weighted by Gasteiger charge is 2.04. The molecule has 2 rings (SSSR count). The van der Waals surface area contributed by atoms with Gasteiger partial charge in [0.25, 0.3) is 5.91 Å². The minimum absolute atomic E-state index is 0.301. The molecule has 0 bridgehead atoms. The molecule has 0 unspecified atom stereocenters. The maximum Gasteiger partial charge on any atom is 0.272 e. The zero-order valence-electron chi connectivity index (χ0n) is 11.7. The van der Waals surface area contributed by atoms with Crippen molar-refractivity contribution in [3.63, 3.8) is 0 Å². The fourth-order valence-electron chi connectivity index (χ4n) is 1.62. The number of rotatable bonds is 4. The Hall–Kier alpha value is -2.21. The predicted octanol–water partition coefficient (Wildman–Crippen LogP) is 2.67. The molecule has 108 valence electrons. The largest absolute Gasteiger partial charge is 0.378 e. The Kier molecular flexibility index (Phi) is 5.05. The minimum Gasteiger partial charge on any atom is -0.378 e. The van der Waals surface area contributed by atoms with E-state index in [1.54, 1.807) is 18.5 Å². The molecule has 6 heteroatoms. The molecule has 0 spiro atoms. The second-order valence-corrected chi connectivity index (χ2v) is 5.49. The Morgan fingerprint density at radius 1 is 1.29 bits per heavy atom. The van der Waals surface area contributed by atoms with Crippen molar-refractivity contribution in [3.8, 4) is 0 Å². The number of pyridine rings is 1. The minimum atomic E-state index is -0.301. The number of carbonyl (C=O) groups is 1. The Morgan fingerprint density at radius 2 is 2.00 bits per heavy atom. The number of halogens is 1. The molecule has 1 heterocycles. The van der Waals surface area contributed by atoms with Gasteiger partial charge in [0.05, 0.1) is 11.8 Å². The number of hydrogen-bond acceptors (Lipinski definition) is 4. The number of carbonyl (C=O) groups excluding carboxylic acids is 1. The van der Waals surface area contributed by atoms with Crippen LogP contribution < -0.4 is 10.3 Å². The van der Waals surface area contributed by atoms with Crippen LogP contribution in [0.1, 0.15) is 15.9 Å². The van der Waals surface area contributed by atoms with E-state index in [2.05, 4.69) is 31.4 Å². The number of hydrazone groups is 1. The van der Waals surface area contributed by atoms with Crippen LogP contribution in [-0.4, -0.2) is 31.2 Å². The highest BCUT2D eigenvalue weighted by atomic mass is 79.9. The van der Waals surface area contributed by atoms with Crippen LogP contribution in [-0.2, 0) is 0 Å². The lowest BCUT2D eigenvalue weighted by Gasteiger charge is -2.11. The van der Waals surface area contributed by atoms with Crippen LogP contribution in [0.4, 0.5) is 5.69 Å². The highest BCUT2D eigenvalue weighted by molar-refractivity contribution is 9.10. The highest BCUT2D eigenvalue weighted by Crippen LogP contribution is 2.11. The fourth-order valence-corrected chi connectivity index (χ4v) is 1.99. The van der Waals surface area contributed by atoms with Crippen molar-refractivity contribution >= 4 is 33.7 Å². The molecule has 0 atom stereocenters. The summed E-state index contributed by atoms with van der Waals surface area (Å²) in [5.41, 5.74) is 4.94. The first-order chi connectivity index (χ1) is 10.1. The molecule has 0 fully saturated rings. The van der Waals surface area contributed by atoms with Gasteiger partial charge >= 0.3 is 0 Å². The maximum absolute atomic E-state index is 11.8. The summed E-state index contributed by atoms with van der Waals surface area (Å²) in [6.07, 6.45) is 4.70. The molecule has 0 aliphatic heterocycles. The van der Waals surface area contributed by atoms with E-state index < -0.39 is 0 Å². The van der Waals surface area contributed by atoms with E-state index in [4.69, 9.17) is 0 Å². The summed E-state index contributed by atoms with van der Waals surface area (Å²) in [5, 5.41) is 3.94. The molecule has 0 aliphatic rings. The summed E-state index contributed by atoms with van der Waals surface area (Å²) in [6.45, 7) is 0. The van der Waals surface area contributed by atoms with E-state index in [9.17, 15) is 4.79 Å². The van der Waals surface area contributed by atoms with Crippen LogP contribution in [0.5, 0.6) is 0 Å². The van der Waals surface area contributed by atoms with Gasteiger partial charge in [0.2, 0.25) is 0 Å². The van der Waals surface area contributed by atoms with Crippen LogP contribution >= 0.6 is 15.9 Å². The molecule has 21 heavy (non-hydrogen) atoms. The first kappa shape index (κ1) is 15.2. The van der Waals surface area contributed by atoms with Gasteiger partial charge in [0.1, 0.15) is 0 Å². The quantitative estimate of drug-likeness (QED) is 0.683. The molecule has 1 aromatic heterocycles. The fraction of sp³-hybridized carbons (Fsp3) is 0.133. The zero-order valence-corrected chi connectivity index (χ0v) is 13.3. The summed E-state index contributed by atoms with van der Waals surface area (Å²) >= 11 is 3.27. The Labute approximate surface area is 131 Å². The van der Waals surface area contributed by atoms with E-state index in [1.807, 2.05) is 43.3 Å². The lowest BCUT2D eigenvalue weighted by Crippen LogP contribution is -2.17. The molecule has 0 saturated heterocycles. The third-order valence-corrected chi connectivity index (χ3v) is 3.19. The number of benzene rings is 1. The SMILES string of the molecule is CN(C)c1ccc(/C=N\NC(=O)c2cncc(Br)c2)cc1. The monoisotopic (exact) mass is 346 g/mol. The Balaban J connectivity index is 1.97. The molecular formula is C15H15BrN4O. The predicted molar refractivity (Wildman–Crippen MR) is 87.8 cm³/mol. The molecule has 2 aromatic rings. The van der Waals surface area contributed by atoms with Gasteiger partial charge in [-0.1, -0.05) is 12.1 Å². The van der Waals surface area contributed by atoms with Crippen molar-refractivity contribution in [2.24, 2.45) is 5.10 Å². The van der Waals surface area contributed by atoms with Crippen LogP contribution in [0.3, 0.4) is 0 Å². The van der Waals surface area contributed by atoms with E-state index in [0.717, 1.165) is 15.7 Å². The zero-order chi connectivity index (χ0) is 15.2. The number of amides is 1. The van der Waals surface area contributed by atoms with E-state index in [-0.39, 0.29) is 5.91 Å². The summed E-state index contributed by atoms with van der Waals surface area (Å²) < 4.78 is 0.749. The topological polar surface area (TPSA) is 57.6 Å². The molecule has 1 aromatic carbocycles. The van der Waals surface area contributed by atoms with E-state index in [1.165, 1.54) is 6.20 Å². The molecule has 0 saturated carbocycles. The van der Waals surface area contributed by atoms with Crippen LogP contribution in [0, 0.1) is 0 Å². The number of hydrogen-bond donors (Lipinski definition) is 1. The lowest BCUT2D eigenvalue weighted by molar-refractivity contribution is 0.0954. The van der Waals surface area contributed by atoms with Crippen molar-refractivity contribution < 1.29 is 4.79 Å². The van der Waals surface area contributed by atoms with Gasteiger partial charge in [0.15, 0.2) is 0 Å². The van der Waals surface area contributed by atoms with Crippen molar-refractivity contribution in [2.45, 2.75) is 0 Å². The summed E-state index contributed by atoms with van der Waals surface area (Å²) in [7, 11) is 3.96. The number of aromatic nitrogens is 1. The molecule has 0 radical (unpaired) electrons. The van der Waals surface area contributed by atoms with Crippen molar-refractivity contribution in [1.29, 1.82) is 0 Å². The summed E-state index contributed by atoms with van der Waals surface area (Å²) in [5.74, 6) is -0.301. The van der Waals surface area contributed by atoms with Gasteiger partial charge in [-0.15, -0.1) is 0 Å². The van der Waals surface area contributed by atoms with Crippen LogP contribution in [0.15, 0.2) is 52.3 Å². The number of nitrogens with zero attached hydrogens (tertiary/aromatic N) is 3. The lowest BCUT2D eigenvalue weighted by atomic mass is 10.2. The van der Waals surface area contributed by atoms with E-state index in [0.29, 0.717) is 5.56 Å². The van der Waals surface area contributed by atoms with Gasteiger partial charge in [-0.3, -0.25) is 9.78 Å². The van der Waals surface area contributed by atoms with Crippen molar-refractivity contribution in [3.05, 3.63) is 58.3 Å². The normalized spacial score (nSPS) is 10.6. The summed E-state index contributed by atoms with van der Waals surface area (Å²) in [4.78, 5) is 17.8. The van der Waals surface area contributed by atoms with E-state index >= 15 is 0 Å². The standard InChI is InChI=1S/C15H15BrN4O/c1-20(2)14-5-3-11(4-6-14)8-18-19-15(21)12-7-13(16)10-17-9-12/h3-10H,1-2H3,(H,19,21)/b18-8-. The van der Waals surface area contributed by atoms with Gasteiger partial charge in [0, 0.05) is 36.6 Å². The first-order valence-electron chi connectivity index (χ1n) is 6.27. The number of nitrogens with one attached hydrogen (secondary N) is 1. The molecule has 5 nitrogen and oxygen atoms in total. The average Bonchev–Trinajstić information content (AvgIpc) is 2.47. The number of anilines is 1. The first-order valence-corrected chi connectivity index (χ1v) is 7.07. The second-order valence-electron chi connectivity index (χ2n) is 4.58. The van der Waals surface area contributed by atoms with Gasteiger partial charge < -0.3 is 4.90 Å². The Bertz CT molecular complexity index is 653. The third-order valence-electron chi connectivity index (χ3n) is 2.76. The maximum atomic E-state index is 11.8. The molecular weight excluding hydrogens is 332 g/mol. The Morgan fingerprint density at radius 3 is 2.62 bits per heavy atom. The second kappa shape index (κ2) is 6.99. The van der Waals surface area contributed by atoms with Crippen molar-refractivity contribution in [2.75, 3.05) is 19.0 Å². The molecule has 0 aliphatic carbocycles. The third kappa shape index (κ3) is 4.39. The molecule has 1 N–H and O–H groups in total. The van der Waals surface area contributed by atoms with Crippen molar-refractivity contribution in [1.82, 2.24) is 10.4 Å². The smallest absolute Gasteiger partial charge is 0.272 e. The molecule has 1 amide bonds. The van der Waals surface area contributed by atoms with Gasteiger partial charge in [-0.2, -0.15) is 5.10 Å². The van der Waals surface area contributed by atoms with Gasteiger partial charge in [-0.25, -0.2) is 5.43 Å². The van der Waals surface area contributed by atoms with Gasteiger partial charge in [-0.05, 0) is 39.7 Å².